The molecule has 36 heavy (non-hydrogen) atoms. The summed E-state index contributed by atoms with van der Waals surface area (Å²) in [5, 5.41) is 18.5. The van der Waals surface area contributed by atoms with E-state index in [1.54, 1.807) is 42.5 Å². The quantitative estimate of drug-likeness (QED) is 0.263. The van der Waals surface area contributed by atoms with Crippen LogP contribution in [0.25, 0.3) is 22.8 Å². The van der Waals surface area contributed by atoms with Gasteiger partial charge in [0.25, 0.3) is 27.5 Å². The SMILES string of the molecule is CC(C)Nc1ccc(-c2nc(-c3cccc(C(=O)NS(=O)(=O)c4ccccc4)c3)no2)cc1[N+](=O)[O-]. The summed E-state index contributed by atoms with van der Waals surface area (Å²) in [7, 11) is -4.05. The zero-order valence-corrected chi connectivity index (χ0v) is 20.0. The minimum Gasteiger partial charge on any atom is -0.377 e. The summed E-state index contributed by atoms with van der Waals surface area (Å²) < 4.78 is 32.3. The number of rotatable bonds is 8. The standard InChI is InChI=1S/C24H21N5O6S/c1-15(2)25-20-12-11-18(14-21(20)29(31)32)24-26-22(27-35-24)16-7-6-8-17(13-16)23(30)28-36(33,34)19-9-4-3-5-10-19/h3-15,25H,1-2H3,(H,28,30). The van der Waals surface area contributed by atoms with E-state index in [4.69, 9.17) is 4.52 Å². The van der Waals surface area contributed by atoms with Crippen molar-refractivity contribution in [1.29, 1.82) is 0 Å². The predicted molar refractivity (Wildman–Crippen MR) is 132 cm³/mol. The molecule has 1 aromatic heterocycles. The molecule has 0 bridgehead atoms. The second kappa shape index (κ2) is 9.96. The Balaban J connectivity index is 1.58. The van der Waals surface area contributed by atoms with Crippen molar-refractivity contribution < 1.29 is 22.7 Å². The van der Waals surface area contributed by atoms with Gasteiger partial charge in [-0.15, -0.1) is 0 Å². The first-order valence-corrected chi connectivity index (χ1v) is 12.2. The molecule has 0 saturated heterocycles. The number of nitro groups is 1. The zero-order chi connectivity index (χ0) is 25.9. The maximum Gasteiger partial charge on any atom is 0.293 e. The zero-order valence-electron chi connectivity index (χ0n) is 19.2. The maximum atomic E-state index is 12.6. The molecule has 11 nitrogen and oxygen atoms in total. The third kappa shape index (κ3) is 5.39. The van der Waals surface area contributed by atoms with Gasteiger partial charge >= 0.3 is 0 Å². The number of aromatic nitrogens is 2. The van der Waals surface area contributed by atoms with Crippen LogP contribution in [0.2, 0.25) is 0 Å². The van der Waals surface area contributed by atoms with Crippen molar-refractivity contribution in [2.75, 3.05) is 5.32 Å². The Morgan fingerprint density at radius 1 is 1.00 bits per heavy atom. The monoisotopic (exact) mass is 507 g/mol. The van der Waals surface area contributed by atoms with Gasteiger partial charge in [-0.05, 0) is 50.2 Å². The lowest BCUT2D eigenvalue weighted by molar-refractivity contribution is -0.383. The highest BCUT2D eigenvalue weighted by Crippen LogP contribution is 2.31. The summed E-state index contributed by atoms with van der Waals surface area (Å²) >= 11 is 0. The van der Waals surface area contributed by atoms with Crippen LogP contribution in [0.4, 0.5) is 11.4 Å². The van der Waals surface area contributed by atoms with Gasteiger partial charge in [0.1, 0.15) is 5.69 Å². The third-order valence-corrected chi connectivity index (χ3v) is 6.32. The van der Waals surface area contributed by atoms with Crippen molar-refractivity contribution in [3.05, 3.63) is 88.5 Å². The third-order valence-electron chi connectivity index (χ3n) is 4.98. The van der Waals surface area contributed by atoms with Gasteiger partial charge in [0.2, 0.25) is 5.82 Å². The molecule has 0 saturated carbocycles. The molecule has 0 radical (unpaired) electrons. The fourth-order valence-electron chi connectivity index (χ4n) is 3.35. The Kier molecular flexibility index (Phi) is 6.79. The number of nitrogens with zero attached hydrogens (tertiary/aromatic N) is 3. The first-order chi connectivity index (χ1) is 17.1. The van der Waals surface area contributed by atoms with Crippen LogP contribution >= 0.6 is 0 Å². The van der Waals surface area contributed by atoms with E-state index in [-0.39, 0.29) is 33.9 Å². The highest BCUT2D eigenvalue weighted by atomic mass is 32.2. The Labute approximate surface area is 206 Å². The van der Waals surface area contributed by atoms with E-state index >= 15 is 0 Å². The van der Waals surface area contributed by atoms with Crippen LogP contribution in [0.3, 0.4) is 0 Å². The average Bonchev–Trinajstić information content (AvgIpc) is 3.35. The lowest BCUT2D eigenvalue weighted by atomic mass is 10.1. The first kappa shape index (κ1) is 24.5. The molecule has 12 heteroatoms. The molecule has 0 unspecified atom stereocenters. The van der Waals surface area contributed by atoms with E-state index in [0.717, 1.165) is 0 Å². The molecule has 3 aromatic carbocycles. The molecule has 0 spiro atoms. The molecular weight excluding hydrogens is 486 g/mol. The van der Waals surface area contributed by atoms with Gasteiger partial charge in [-0.2, -0.15) is 4.98 Å². The van der Waals surface area contributed by atoms with Crippen LogP contribution in [0.5, 0.6) is 0 Å². The van der Waals surface area contributed by atoms with Gasteiger partial charge in [0.05, 0.1) is 9.82 Å². The number of nitrogens with one attached hydrogen (secondary N) is 2. The molecule has 0 aliphatic carbocycles. The van der Waals surface area contributed by atoms with Crippen molar-refractivity contribution in [2.45, 2.75) is 24.8 Å². The summed E-state index contributed by atoms with van der Waals surface area (Å²) in [5.41, 5.74) is 1.03. The van der Waals surface area contributed by atoms with E-state index in [1.165, 1.54) is 30.3 Å². The van der Waals surface area contributed by atoms with E-state index in [2.05, 4.69) is 15.5 Å². The van der Waals surface area contributed by atoms with Gasteiger partial charge in [0, 0.05) is 28.8 Å². The number of hydrogen-bond donors (Lipinski definition) is 2. The molecule has 184 valence electrons. The molecule has 0 atom stereocenters. The highest BCUT2D eigenvalue weighted by molar-refractivity contribution is 7.90. The summed E-state index contributed by atoms with van der Waals surface area (Å²) in [6.45, 7) is 3.74. The van der Waals surface area contributed by atoms with Crippen molar-refractivity contribution in [1.82, 2.24) is 14.9 Å². The second-order valence-electron chi connectivity index (χ2n) is 8.04. The number of carbonyl (C=O) groups is 1. The largest absolute Gasteiger partial charge is 0.377 e. The van der Waals surface area contributed by atoms with Crippen LogP contribution in [-0.4, -0.2) is 35.4 Å². The van der Waals surface area contributed by atoms with E-state index < -0.39 is 20.9 Å². The normalized spacial score (nSPS) is 11.3. The summed E-state index contributed by atoms with van der Waals surface area (Å²) in [6, 6.07) is 18.1. The Morgan fingerprint density at radius 2 is 1.75 bits per heavy atom. The summed E-state index contributed by atoms with van der Waals surface area (Å²) in [6.07, 6.45) is 0. The predicted octanol–water partition coefficient (Wildman–Crippen LogP) is 4.25. The molecule has 0 aliphatic rings. The van der Waals surface area contributed by atoms with Crippen molar-refractivity contribution in [3.8, 4) is 22.8 Å². The van der Waals surface area contributed by atoms with Crippen LogP contribution < -0.4 is 10.0 Å². The maximum absolute atomic E-state index is 12.6. The molecule has 2 N–H and O–H groups in total. The smallest absolute Gasteiger partial charge is 0.293 e. The van der Waals surface area contributed by atoms with Crippen molar-refractivity contribution in [3.63, 3.8) is 0 Å². The number of carbonyl (C=O) groups excluding carboxylic acids is 1. The number of benzene rings is 3. The molecule has 0 fully saturated rings. The van der Waals surface area contributed by atoms with Gasteiger partial charge in [-0.3, -0.25) is 14.9 Å². The Hall–Kier alpha value is -4.58. The summed E-state index contributed by atoms with van der Waals surface area (Å²) in [4.78, 5) is 27.9. The topological polar surface area (TPSA) is 157 Å². The second-order valence-corrected chi connectivity index (χ2v) is 9.72. The molecule has 4 rings (SSSR count). The lowest BCUT2D eigenvalue weighted by Gasteiger charge is -2.10. The number of nitro benzene ring substituents is 1. The average molecular weight is 508 g/mol. The fourth-order valence-corrected chi connectivity index (χ4v) is 4.34. The van der Waals surface area contributed by atoms with Gasteiger partial charge in [-0.1, -0.05) is 35.5 Å². The molecule has 1 amide bonds. The van der Waals surface area contributed by atoms with Gasteiger partial charge < -0.3 is 9.84 Å². The van der Waals surface area contributed by atoms with Gasteiger partial charge in [0.15, 0.2) is 0 Å². The molecule has 0 aliphatic heterocycles. The van der Waals surface area contributed by atoms with Crippen LogP contribution in [0, 0.1) is 10.1 Å². The van der Waals surface area contributed by atoms with Crippen molar-refractivity contribution in [2.24, 2.45) is 0 Å². The minimum absolute atomic E-state index is 0.00304. The van der Waals surface area contributed by atoms with E-state index in [9.17, 15) is 23.3 Å². The molecule has 4 aromatic rings. The van der Waals surface area contributed by atoms with Crippen LogP contribution in [-0.2, 0) is 10.0 Å². The molecule has 1 heterocycles. The Morgan fingerprint density at radius 3 is 2.44 bits per heavy atom. The Bertz CT molecular complexity index is 1530. The fraction of sp³-hybridized carbons (Fsp3) is 0.125. The van der Waals surface area contributed by atoms with Crippen LogP contribution in [0.1, 0.15) is 24.2 Å². The number of amides is 1. The molecular formula is C24H21N5O6S. The van der Waals surface area contributed by atoms with E-state index in [0.29, 0.717) is 16.8 Å². The van der Waals surface area contributed by atoms with Gasteiger partial charge in [-0.25, -0.2) is 13.1 Å². The first-order valence-electron chi connectivity index (χ1n) is 10.8. The minimum atomic E-state index is -4.05. The number of hydrogen-bond acceptors (Lipinski definition) is 9. The van der Waals surface area contributed by atoms with E-state index in [1.807, 2.05) is 18.6 Å². The number of sulfonamides is 1. The highest BCUT2D eigenvalue weighted by Gasteiger charge is 2.21. The lowest BCUT2D eigenvalue weighted by Crippen LogP contribution is -2.30. The van der Waals surface area contributed by atoms with Crippen LogP contribution in [0.15, 0.2) is 82.2 Å². The summed E-state index contributed by atoms with van der Waals surface area (Å²) in [5.74, 6) is -0.656. The number of anilines is 1. The van der Waals surface area contributed by atoms with Crippen molar-refractivity contribution >= 4 is 27.3 Å².